The Morgan fingerprint density at radius 1 is 1.06 bits per heavy atom. The van der Waals surface area contributed by atoms with Crippen LogP contribution in [0.1, 0.15) is 35.3 Å². The van der Waals surface area contributed by atoms with Crippen molar-refractivity contribution in [2.24, 2.45) is 0 Å². The standard InChI is InChI=1S/C26H27N5OS2/c1-26(2)15-18-19(16-34-26)23(28-22-20-9-6-10-31(20)24(32)21(18)22)29-11-13-30(14-12-29)25(33)27-17-7-4-3-5-8-17/h3-10H,11-16H2,1-2H3,(H,27,33). The predicted octanol–water partition coefficient (Wildman–Crippen LogP) is 4.64. The van der Waals surface area contributed by atoms with Crippen LogP contribution in [0.4, 0.5) is 11.5 Å². The number of nitrogens with one attached hydrogen (secondary N) is 1. The van der Waals surface area contributed by atoms with Crippen LogP contribution in [0.5, 0.6) is 0 Å². The van der Waals surface area contributed by atoms with Crippen molar-refractivity contribution in [1.29, 1.82) is 0 Å². The Hall–Kier alpha value is -2.84. The Morgan fingerprint density at radius 3 is 2.59 bits per heavy atom. The highest BCUT2D eigenvalue weighted by Crippen LogP contribution is 2.46. The SMILES string of the molecule is CC1(C)Cc2c(c(N3CCN(C(=S)Nc4ccccc4)CC3)nc3c2C(=O)n2cccc2-3)CS1. The molecular weight excluding hydrogens is 462 g/mol. The highest BCUT2D eigenvalue weighted by molar-refractivity contribution is 7.99. The maximum absolute atomic E-state index is 13.3. The summed E-state index contributed by atoms with van der Waals surface area (Å²) in [6.07, 6.45) is 2.74. The van der Waals surface area contributed by atoms with E-state index < -0.39 is 0 Å². The van der Waals surface area contributed by atoms with Crippen LogP contribution < -0.4 is 10.2 Å². The lowest BCUT2D eigenvalue weighted by atomic mass is 9.91. The maximum Gasteiger partial charge on any atom is 0.264 e. The molecule has 3 aliphatic heterocycles. The molecule has 1 saturated heterocycles. The van der Waals surface area contributed by atoms with Gasteiger partial charge < -0.3 is 15.1 Å². The van der Waals surface area contributed by atoms with E-state index >= 15 is 0 Å². The Bertz CT molecular complexity index is 1290. The van der Waals surface area contributed by atoms with Crippen molar-refractivity contribution in [3.05, 3.63) is 65.4 Å². The molecule has 0 saturated carbocycles. The van der Waals surface area contributed by atoms with Crippen LogP contribution in [0.2, 0.25) is 0 Å². The van der Waals surface area contributed by atoms with Gasteiger partial charge in [-0.2, -0.15) is 11.8 Å². The minimum Gasteiger partial charge on any atom is -0.353 e. The summed E-state index contributed by atoms with van der Waals surface area (Å²) in [4.78, 5) is 23.0. The van der Waals surface area contributed by atoms with Crippen LogP contribution in [0.15, 0.2) is 48.7 Å². The fraction of sp³-hybridized carbons (Fsp3) is 0.346. The average Bonchev–Trinajstić information content (AvgIpc) is 3.41. The second kappa shape index (κ2) is 8.13. The van der Waals surface area contributed by atoms with Crippen molar-refractivity contribution in [3.63, 3.8) is 0 Å². The summed E-state index contributed by atoms with van der Waals surface area (Å²) in [6, 6.07) is 14.0. The molecule has 0 aliphatic carbocycles. The Labute approximate surface area is 209 Å². The summed E-state index contributed by atoms with van der Waals surface area (Å²) in [5.41, 5.74) is 6.01. The number of pyridine rings is 1. The fourth-order valence-electron chi connectivity index (χ4n) is 5.14. The van der Waals surface area contributed by atoms with Crippen LogP contribution in [-0.4, -0.2) is 56.4 Å². The van der Waals surface area contributed by atoms with Gasteiger partial charge in [-0.25, -0.2) is 4.98 Å². The number of thiocarbonyl (C=S) groups is 1. The van der Waals surface area contributed by atoms with Gasteiger partial charge in [-0.3, -0.25) is 9.36 Å². The van der Waals surface area contributed by atoms with Crippen molar-refractivity contribution < 1.29 is 4.79 Å². The molecule has 0 spiro atoms. The van der Waals surface area contributed by atoms with Gasteiger partial charge in [0.05, 0.1) is 11.3 Å². The van der Waals surface area contributed by atoms with Gasteiger partial charge in [0, 0.05) is 54.1 Å². The molecule has 1 N–H and O–H groups in total. The molecule has 0 amide bonds. The lowest BCUT2D eigenvalue weighted by Gasteiger charge is -2.39. The summed E-state index contributed by atoms with van der Waals surface area (Å²) < 4.78 is 1.85. The highest BCUT2D eigenvalue weighted by Gasteiger charge is 2.39. The minimum absolute atomic E-state index is 0.0650. The number of rotatable bonds is 2. The molecule has 0 bridgehead atoms. The predicted molar refractivity (Wildman–Crippen MR) is 143 cm³/mol. The molecule has 8 heteroatoms. The van der Waals surface area contributed by atoms with Crippen molar-refractivity contribution in [2.75, 3.05) is 36.4 Å². The molecule has 6 nitrogen and oxygen atoms in total. The Kier molecular flexibility index (Phi) is 5.18. The van der Waals surface area contributed by atoms with E-state index in [0.29, 0.717) is 0 Å². The summed E-state index contributed by atoms with van der Waals surface area (Å²) in [7, 11) is 0. The lowest BCUT2D eigenvalue weighted by Crippen LogP contribution is -2.50. The van der Waals surface area contributed by atoms with E-state index in [4.69, 9.17) is 17.2 Å². The van der Waals surface area contributed by atoms with E-state index in [1.165, 1.54) is 11.1 Å². The second-order valence-electron chi connectivity index (χ2n) is 9.68. The van der Waals surface area contributed by atoms with E-state index in [0.717, 1.165) is 71.9 Å². The number of carbonyl (C=O) groups is 1. The summed E-state index contributed by atoms with van der Waals surface area (Å²) in [6.45, 7) is 7.90. The van der Waals surface area contributed by atoms with Gasteiger partial charge in [-0.05, 0) is 48.5 Å². The van der Waals surface area contributed by atoms with Crippen molar-refractivity contribution in [3.8, 4) is 11.4 Å². The highest BCUT2D eigenvalue weighted by atomic mass is 32.2. The van der Waals surface area contributed by atoms with E-state index in [2.05, 4.69) is 29.0 Å². The molecular formula is C26H27N5OS2. The van der Waals surface area contributed by atoms with Gasteiger partial charge >= 0.3 is 0 Å². The normalized spacial score (nSPS) is 18.4. The molecule has 0 unspecified atom stereocenters. The third kappa shape index (κ3) is 3.60. The first-order valence-corrected chi connectivity index (χ1v) is 13.1. The number of thioether (sulfide) groups is 1. The zero-order valence-corrected chi connectivity index (χ0v) is 21.0. The molecule has 34 heavy (non-hydrogen) atoms. The quantitative estimate of drug-likeness (QED) is 0.412. The van der Waals surface area contributed by atoms with Crippen molar-refractivity contribution in [1.82, 2.24) is 14.5 Å². The molecule has 1 fully saturated rings. The molecule has 2 aromatic heterocycles. The van der Waals surface area contributed by atoms with Gasteiger partial charge in [0.25, 0.3) is 5.91 Å². The molecule has 3 aliphatic rings. The summed E-state index contributed by atoms with van der Waals surface area (Å²) in [5, 5.41) is 4.11. The van der Waals surface area contributed by atoms with Crippen LogP contribution in [0.25, 0.3) is 11.4 Å². The van der Waals surface area contributed by atoms with E-state index in [9.17, 15) is 4.79 Å². The minimum atomic E-state index is 0.0650. The number of hydrogen-bond acceptors (Lipinski definition) is 5. The number of carbonyl (C=O) groups excluding carboxylic acids is 1. The number of piperazine rings is 1. The van der Waals surface area contributed by atoms with Gasteiger partial charge in [0.1, 0.15) is 11.5 Å². The molecule has 6 rings (SSSR count). The second-order valence-corrected chi connectivity index (χ2v) is 11.7. The Balaban J connectivity index is 1.29. The van der Waals surface area contributed by atoms with Gasteiger partial charge in [-0.1, -0.05) is 32.0 Å². The first-order valence-electron chi connectivity index (χ1n) is 11.7. The Morgan fingerprint density at radius 2 is 1.82 bits per heavy atom. The monoisotopic (exact) mass is 489 g/mol. The first-order chi connectivity index (χ1) is 16.4. The number of anilines is 2. The molecule has 3 aromatic rings. The van der Waals surface area contributed by atoms with Crippen LogP contribution >= 0.6 is 24.0 Å². The smallest absolute Gasteiger partial charge is 0.264 e. The first kappa shape index (κ1) is 21.7. The summed E-state index contributed by atoms with van der Waals surface area (Å²) >= 11 is 7.64. The lowest BCUT2D eigenvalue weighted by molar-refractivity contribution is 0.0968. The van der Waals surface area contributed by atoms with E-state index in [-0.39, 0.29) is 10.7 Å². The fourth-order valence-corrected chi connectivity index (χ4v) is 6.53. The zero-order valence-electron chi connectivity index (χ0n) is 19.4. The largest absolute Gasteiger partial charge is 0.353 e. The number of hydrogen-bond donors (Lipinski definition) is 1. The zero-order chi connectivity index (χ0) is 23.4. The average molecular weight is 490 g/mol. The number of fused-ring (bicyclic) bond motifs is 5. The summed E-state index contributed by atoms with van der Waals surface area (Å²) in [5.74, 6) is 1.99. The number of nitrogens with zero attached hydrogens (tertiary/aromatic N) is 4. The number of benzene rings is 1. The molecule has 0 atom stereocenters. The topological polar surface area (TPSA) is 53.4 Å². The third-order valence-electron chi connectivity index (χ3n) is 6.92. The molecule has 1 aromatic carbocycles. The molecule has 5 heterocycles. The third-order valence-corrected chi connectivity index (χ3v) is 8.63. The number of para-hydroxylation sites is 1. The van der Waals surface area contributed by atoms with E-state index in [1.807, 2.05) is 60.4 Å². The number of aromatic nitrogens is 2. The van der Waals surface area contributed by atoms with Crippen LogP contribution in [0.3, 0.4) is 0 Å². The van der Waals surface area contributed by atoms with Gasteiger partial charge in [-0.15, -0.1) is 0 Å². The van der Waals surface area contributed by atoms with Gasteiger partial charge in [0.2, 0.25) is 0 Å². The van der Waals surface area contributed by atoms with Crippen LogP contribution in [-0.2, 0) is 12.2 Å². The molecule has 0 radical (unpaired) electrons. The van der Waals surface area contributed by atoms with Crippen molar-refractivity contribution in [2.45, 2.75) is 30.8 Å². The van der Waals surface area contributed by atoms with Crippen LogP contribution in [0, 0.1) is 0 Å². The van der Waals surface area contributed by atoms with Crippen molar-refractivity contribution >= 4 is 46.5 Å². The molecule has 174 valence electrons. The maximum atomic E-state index is 13.3. The van der Waals surface area contributed by atoms with E-state index in [1.54, 1.807) is 4.57 Å². The van der Waals surface area contributed by atoms with Gasteiger partial charge in [0.15, 0.2) is 5.11 Å².